The van der Waals surface area contributed by atoms with Gasteiger partial charge in [-0.25, -0.2) is 17.2 Å². The normalized spacial score (nSPS) is 19.0. The molecule has 1 heterocycles. The number of benzene rings is 1. The number of hydrogen-bond donors (Lipinski definition) is 1. The molecule has 1 aromatic carbocycles. The molecule has 0 amide bonds. The number of sulfonamides is 1. The van der Waals surface area contributed by atoms with Gasteiger partial charge in [-0.15, -0.1) is 0 Å². The van der Waals surface area contributed by atoms with Crippen molar-refractivity contribution in [2.75, 3.05) is 18.8 Å². The smallest absolute Gasteiger partial charge is 0.246 e. The lowest BCUT2D eigenvalue weighted by atomic mass is 9.82. The van der Waals surface area contributed by atoms with Crippen molar-refractivity contribution in [1.82, 2.24) is 4.31 Å². The fourth-order valence-electron chi connectivity index (χ4n) is 2.81. The summed E-state index contributed by atoms with van der Waals surface area (Å²) >= 11 is 0. The summed E-state index contributed by atoms with van der Waals surface area (Å²) < 4.78 is 53.4. The predicted molar refractivity (Wildman–Crippen MR) is 77.2 cm³/mol. The molecule has 4 nitrogen and oxygen atoms in total. The molecule has 1 saturated heterocycles. The predicted octanol–water partition coefficient (Wildman–Crippen LogP) is 2.75. The Morgan fingerprint density at radius 2 is 1.86 bits per heavy atom. The van der Waals surface area contributed by atoms with E-state index in [9.17, 15) is 17.2 Å². The Bertz CT molecular complexity index is 643. The second-order valence-electron chi connectivity index (χ2n) is 5.60. The molecule has 0 unspecified atom stereocenters. The van der Waals surface area contributed by atoms with Gasteiger partial charge >= 0.3 is 0 Å². The minimum atomic E-state index is -3.99. The van der Waals surface area contributed by atoms with Crippen LogP contribution in [0, 0.1) is 17.0 Å². The maximum Gasteiger partial charge on any atom is 0.246 e. The molecule has 1 aromatic rings. The summed E-state index contributed by atoms with van der Waals surface area (Å²) in [4.78, 5) is -0.551. The molecule has 2 rings (SSSR count). The Kier molecular flexibility index (Phi) is 4.26. The summed E-state index contributed by atoms with van der Waals surface area (Å²) in [6.45, 7) is 4.76. The number of nitrogen functional groups attached to an aromatic ring is 1. The number of rotatable bonds is 4. The lowest BCUT2D eigenvalue weighted by molar-refractivity contribution is 0.279. The van der Waals surface area contributed by atoms with Gasteiger partial charge in [0.05, 0.1) is 5.69 Å². The van der Waals surface area contributed by atoms with Crippen molar-refractivity contribution < 1.29 is 17.2 Å². The first kappa shape index (κ1) is 16.2. The van der Waals surface area contributed by atoms with E-state index in [0.717, 1.165) is 25.3 Å². The first-order chi connectivity index (χ1) is 9.75. The minimum absolute atomic E-state index is 0.0604. The van der Waals surface area contributed by atoms with E-state index < -0.39 is 26.6 Å². The molecule has 2 N–H and O–H groups in total. The van der Waals surface area contributed by atoms with Gasteiger partial charge in [0.15, 0.2) is 0 Å². The largest absolute Gasteiger partial charge is 0.396 e. The number of nitrogens with zero attached hydrogens (tertiary/aromatic N) is 1. The minimum Gasteiger partial charge on any atom is -0.396 e. The van der Waals surface area contributed by atoms with E-state index >= 15 is 0 Å². The molecular weight excluding hydrogens is 298 g/mol. The molecule has 0 atom stereocenters. The van der Waals surface area contributed by atoms with Gasteiger partial charge in [0.1, 0.15) is 16.5 Å². The highest BCUT2D eigenvalue weighted by Crippen LogP contribution is 2.39. The molecule has 0 bridgehead atoms. The van der Waals surface area contributed by atoms with Crippen molar-refractivity contribution in [3.05, 3.63) is 23.8 Å². The summed E-state index contributed by atoms with van der Waals surface area (Å²) in [6, 6.07) is 1.38. The Balaban J connectivity index is 2.38. The number of anilines is 1. The second-order valence-corrected chi connectivity index (χ2v) is 7.51. The number of nitrogens with two attached hydrogens (primary N) is 1. The van der Waals surface area contributed by atoms with Crippen LogP contribution in [0.15, 0.2) is 17.0 Å². The third-order valence-electron chi connectivity index (χ3n) is 4.57. The van der Waals surface area contributed by atoms with Gasteiger partial charge in [-0.3, -0.25) is 0 Å². The van der Waals surface area contributed by atoms with Crippen LogP contribution in [0.25, 0.3) is 0 Å². The van der Waals surface area contributed by atoms with E-state index in [1.54, 1.807) is 0 Å². The molecular formula is C14H20F2N2O2S. The molecule has 7 heteroatoms. The molecule has 21 heavy (non-hydrogen) atoms. The average molecular weight is 318 g/mol. The Labute approximate surface area is 124 Å². The quantitative estimate of drug-likeness (QED) is 0.868. The molecule has 1 aliphatic heterocycles. The molecule has 0 aromatic heterocycles. The van der Waals surface area contributed by atoms with Crippen molar-refractivity contribution in [3.8, 4) is 0 Å². The fourth-order valence-corrected chi connectivity index (χ4v) is 4.44. The third kappa shape index (κ3) is 2.76. The van der Waals surface area contributed by atoms with Crippen LogP contribution in [-0.2, 0) is 10.0 Å². The van der Waals surface area contributed by atoms with Crippen molar-refractivity contribution >= 4 is 15.7 Å². The Morgan fingerprint density at radius 3 is 2.38 bits per heavy atom. The van der Waals surface area contributed by atoms with E-state index in [2.05, 4.69) is 0 Å². The van der Waals surface area contributed by atoms with Crippen LogP contribution in [0.1, 0.15) is 33.1 Å². The lowest BCUT2D eigenvalue weighted by Crippen LogP contribution is -2.32. The Morgan fingerprint density at radius 1 is 1.24 bits per heavy atom. The fraction of sp³-hybridized carbons (Fsp3) is 0.571. The second kappa shape index (κ2) is 5.53. The maximum absolute atomic E-state index is 13.8. The summed E-state index contributed by atoms with van der Waals surface area (Å²) in [7, 11) is -3.99. The first-order valence-corrected chi connectivity index (χ1v) is 8.44. The summed E-state index contributed by atoms with van der Waals surface area (Å²) in [5.41, 5.74) is 4.94. The van der Waals surface area contributed by atoms with Gasteiger partial charge in [0.25, 0.3) is 0 Å². The van der Waals surface area contributed by atoms with Crippen LogP contribution < -0.4 is 5.73 Å². The van der Waals surface area contributed by atoms with E-state index in [1.165, 1.54) is 4.31 Å². The maximum atomic E-state index is 13.8. The van der Waals surface area contributed by atoms with Crippen LogP contribution in [0.5, 0.6) is 0 Å². The first-order valence-electron chi connectivity index (χ1n) is 7.00. The van der Waals surface area contributed by atoms with Gasteiger partial charge in [-0.1, -0.05) is 13.8 Å². The van der Waals surface area contributed by atoms with Gasteiger partial charge in [0, 0.05) is 19.2 Å². The zero-order chi connectivity index (χ0) is 15.8. The molecule has 0 aliphatic carbocycles. The van der Waals surface area contributed by atoms with Crippen molar-refractivity contribution in [3.63, 3.8) is 0 Å². The summed E-state index contributed by atoms with van der Waals surface area (Å²) in [5.74, 6) is -2.06. The Hall–Kier alpha value is -1.21. The van der Waals surface area contributed by atoms with Crippen LogP contribution in [-0.4, -0.2) is 25.8 Å². The SMILES string of the molecule is CCC1(CC)CCN(S(=O)(=O)c2cc(N)c(F)cc2F)C1. The molecule has 1 aliphatic rings. The summed E-state index contributed by atoms with van der Waals surface area (Å²) in [6.07, 6.45) is 2.48. The number of hydrogen-bond acceptors (Lipinski definition) is 3. The topological polar surface area (TPSA) is 63.4 Å². The van der Waals surface area contributed by atoms with Crippen molar-refractivity contribution in [2.24, 2.45) is 5.41 Å². The van der Waals surface area contributed by atoms with Crippen LogP contribution in [0.2, 0.25) is 0 Å². The lowest BCUT2D eigenvalue weighted by Gasteiger charge is -2.26. The molecule has 1 fully saturated rings. The van der Waals surface area contributed by atoms with E-state index in [4.69, 9.17) is 5.73 Å². The van der Waals surface area contributed by atoms with Crippen LogP contribution in [0.4, 0.5) is 14.5 Å². The molecule has 118 valence electrons. The summed E-state index contributed by atoms with van der Waals surface area (Å²) in [5, 5.41) is 0. The standard InChI is InChI=1S/C14H20F2N2O2S/c1-3-14(4-2)5-6-18(9-14)21(19,20)13-8-12(17)10(15)7-11(13)16/h7-8H,3-6,9,17H2,1-2H3. The zero-order valence-corrected chi connectivity index (χ0v) is 13.0. The van der Waals surface area contributed by atoms with Gasteiger partial charge in [-0.05, 0) is 30.7 Å². The highest BCUT2D eigenvalue weighted by Gasteiger charge is 2.41. The molecule has 0 spiro atoms. The monoisotopic (exact) mass is 318 g/mol. The van der Waals surface area contributed by atoms with Crippen LogP contribution in [0.3, 0.4) is 0 Å². The highest BCUT2D eigenvalue weighted by molar-refractivity contribution is 7.89. The van der Waals surface area contributed by atoms with Gasteiger partial charge in [0.2, 0.25) is 10.0 Å². The van der Waals surface area contributed by atoms with Gasteiger partial charge in [-0.2, -0.15) is 4.31 Å². The van der Waals surface area contributed by atoms with E-state index in [-0.39, 0.29) is 11.1 Å². The highest BCUT2D eigenvalue weighted by atomic mass is 32.2. The van der Waals surface area contributed by atoms with E-state index in [1.807, 2.05) is 13.8 Å². The van der Waals surface area contributed by atoms with Crippen molar-refractivity contribution in [2.45, 2.75) is 38.0 Å². The van der Waals surface area contributed by atoms with Gasteiger partial charge < -0.3 is 5.73 Å². The number of halogens is 2. The third-order valence-corrected chi connectivity index (χ3v) is 6.43. The zero-order valence-electron chi connectivity index (χ0n) is 12.2. The van der Waals surface area contributed by atoms with E-state index in [0.29, 0.717) is 19.2 Å². The van der Waals surface area contributed by atoms with Crippen LogP contribution >= 0.6 is 0 Å². The molecule has 0 radical (unpaired) electrons. The average Bonchev–Trinajstić information content (AvgIpc) is 2.88. The van der Waals surface area contributed by atoms with Crippen molar-refractivity contribution in [1.29, 1.82) is 0 Å². The molecule has 0 saturated carbocycles.